The first-order valence-corrected chi connectivity index (χ1v) is 3.24. The van der Waals surface area contributed by atoms with E-state index in [2.05, 4.69) is 10.2 Å². The van der Waals surface area contributed by atoms with Gasteiger partial charge in [0, 0.05) is 5.92 Å². The van der Waals surface area contributed by atoms with Crippen LogP contribution >= 0.6 is 0 Å². The van der Waals surface area contributed by atoms with E-state index in [0.29, 0.717) is 5.92 Å². The number of azo groups is 1. The van der Waals surface area contributed by atoms with E-state index in [-0.39, 0.29) is 6.17 Å². The van der Waals surface area contributed by atoms with E-state index in [1.165, 1.54) is 12.8 Å². The zero-order valence-electron chi connectivity index (χ0n) is 5.12. The molecule has 1 aliphatic heterocycles. The molecule has 0 radical (unpaired) electrons. The summed E-state index contributed by atoms with van der Waals surface area (Å²) in [5, 5.41) is 7.73. The van der Waals surface area contributed by atoms with Gasteiger partial charge in [-0.25, -0.2) is 0 Å². The van der Waals surface area contributed by atoms with Crippen LogP contribution < -0.4 is 5.73 Å². The molecule has 0 saturated heterocycles. The highest BCUT2D eigenvalue weighted by Gasteiger charge is 2.28. The minimum absolute atomic E-state index is 0.152. The van der Waals surface area contributed by atoms with Gasteiger partial charge in [0.2, 0.25) is 0 Å². The van der Waals surface area contributed by atoms with Crippen LogP contribution in [0.5, 0.6) is 0 Å². The van der Waals surface area contributed by atoms with Gasteiger partial charge in [-0.15, -0.1) is 0 Å². The smallest absolute Gasteiger partial charge is 0.139 e. The number of nitrogens with zero attached hydrogens (tertiary/aromatic N) is 2. The summed E-state index contributed by atoms with van der Waals surface area (Å²) >= 11 is 0. The maximum absolute atomic E-state index is 5.45. The number of nitrogens with two attached hydrogens (primary N) is 1. The van der Waals surface area contributed by atoms with Gasteiger partial charge in [-0.05, 0) is 18.9 Å². The van der Waals surface area contributed by atoms with Crippen LogP contribution in [-0.2, 0) is 0 Å². The van der Waals surface area contributed by atoms with Gasteiger partial charge in [-0.3, -0.25) is 0 Å². The van der Waals surface area contributed by atoms with E-state index in [1.807, 2.05) is 6.08 Å². The largest absolute Gasteiger partial charge is 0.305 e. The Morgan fingerprint density at radius 3 is 2.78 bits per heavy atom. The van der Waals surface area contributed by atoms with Crippen molar-refractivity contribution >= 4 is 0 Å². The Morgan fingerprint density at radius 2 is 2.33 bits per heavy atom. The second-order valence-corrected chi connectivity index (χ2v) is 2.57. The summed E-state index contributed by atoms with van der Waals surface area (Å²) in [7, 11) is 0. The van der Waals surface area contributed by atoms with E-state index in [1.54, 1.807) is 0 Å². The van der Waals surface area contributed by atoms with Crippen molar-refractivity contribution in [1.29, 1.82) is 0 Å². The van der Waals surface area contributed by atoms with Gasteiger partial charge in [0.1, 0.15) is 6.17 Å². The Balaban J connectivity index is 2.12. The lowest BCUT2D eigenvalue weighted by atomic mass is 10.3. The molecule has 3 nitrogen and oxygen atoms in total. The third-order valence-electron chi connectivity index (χ3n) is 1.64. The molecule has 0 bridgehead atoms. The summed E-state index contributed by atoms with van der Waals surface area (Å²) in [6, 6.07) is 0. The van der Waals surface area contributed by atoms with E-state index < -0.39 is 0 Å². The third-order valence-corrected chi connectivity index (χ3v) is 1.64. The van der Waals surface area contributed by atoms with Crippen molar-refractivity contribution in [1.82, 2.24) is 0 Å². The number of allylic oxidation sites excluding steroid dienone is 1. The lowest BCUT2D eigenvalue weighted by Gasteiger charge is -1.86. The molecular formula is C6H9N3. The molecule has 48 valence electrons. The maximum Gasteiger partial charge on any atom is 0.139 e. The summed E-state index contributed by atoms with van der Waals surface area (Å²) in [5.41, 5.74) is 6.57. The van der Waals surface area contributed by atoms with Crippen LogP contribution in [0.4, 0.5) is 0 Å². The highest BCUT2D eigenvalue weighted by Crippen LogP contribution is 2.38. The molecule has 1 saturated carbocycles. The molecule has 1 atom stereocenters. The van der Waals surface area contributed by atoms with Gasteiger partial charge in [0.25, 0.3) is 0 Å². The monoisotopic (exact) mass is 123 g/mol. The minimum Gasteiger partial charge on any atom is -0.305 e. The van der Waals surface area contributed by atoms with Crippen LogP contribution in [0.1, 0.15) is 12.8 Å². The molecular weight excluding hydrogens is 114 g/mol. The topological polar surface area (TPSA) is 50.7 Å². The van der Waals surface area contributed by atoms with Crippen molar-refractivity contribution < 1.29 is 0 Å². The Hall–Kier alpha value is -0.700. The lowest BCUT2D eigenvalue weighted by molar-refractivity contribution is 0.846. The molecule has 0 unspecified atom stereocenters. The fourth-order valence-corrected chi connectivity index (χ4v) is 0.972. The zero-order chi connectivity index (χ0) is 6.27. The van der Waals surface area contributed by atoms with Gasteiger partial charge in [0.15, 0.2) is 0 Å². The Bertz CT molecular complexity index is 179. The van der Waals surface area contributed by atoms with Crippen molar-refractivity contribution in [2.75, 3.05) is 0 Å². The standard InChI is InChI=1S/C6H9N3/c7-6-3-5(8-9-6)4-1-2-4/h3-4,6H,1-2,7H2/t6-/m0/s1. The van der Waals surface area contributed by atoms with Gasteiger partial charge in [0.05, 0.1) is 5.70 Å². The molecule has 3 heteroatoms. The van der Waals surface area contributed by atoms with Crippen molar-refractivity contribution in [2.45, 2.75) is 19.0 Å². The summed E-state index contributed by atoms with van der Waals surface area (Å²) in [6.07, 6.45) is 4.34. The average Bonchev–Trinajstić information content (AvgIpc) is 2.58. The molecule has 2 N–H and O–H groups in total. The molecule has 0 amide bonds. The van der Waals surface area contributed by atoms with Crippen LogP contribution in [-0.4, -0.2) is 6.17 Å². The first-order valence-electron chi connectivity index (χ1n) is 3.24. The predicted octanol–water partition coefficient (Wildman–Crippen LogP) is 1.03. The average molecular weight is 123 g/mol. The molecule has 0 aromatic heterocycles. The first kappa shape index (κ1) is 5.11. The highest BCUT2D eigenvalue weighted by molar-refractivity contribution is 5.15. The van der Waals surface area contributed by atoms with Crippen LogP contribution in [0, 0.1) is 5.92 Å². The van der Waals surface area contributed by atoms with E-state index in [0.717, 1.165) is 5.70 Å². The minimum atomic E-state index is -0.152. The van der Waals surface area contributed by atoms with Crippen LogP contribution in [0.15, 0.2) is 22.0 Å². The Labute approximate surface area is 53.6 Å². The normalized spacial score (nSPS) is 33.0. The third kappa shape index (κ3) is 0.876. The maximum atomic E-state index is 5.45. The summed E-state index contributed by atoms with van der Waals surface area (Å²) < 4.78 is 0. The summed E-state index contributed by atoms with van der Waals surface area (Å²) in [5.74, 6) is 0.697. The second-order valence-electron chi connectivity index (χ2n) is 2.57. The lowest BCUT2D eigenvalue weighted by Crippen LogP contribution is -2.09. The van der Waals surface area contributed by atoms with Crippen molar-refractivity contribution in [3.63, 3.8) is 0 Å². The van der Waals surface area contributed by atoms with E-state index in [9.17, 15) is 0 Å². The summed E-state index contributed by atoms with van der Waals surface area (Å²) in [6.45, 7) is 0. The molecule has 0 spiro atoms. The number of rotatable bonds is 1. The summed E-state index contributed by atoms with van der Waals surface area (Å²) in [4.78, 5) is 0. The molecule has 2 aliphatic rings. The predicted molar refractivity (Wildman–Crippen MR) is 33.6 cm³/mol. The number of hydrogen-bond acceptors (Lipinski definition) is 3. The molecule has 2 rings (SSSR count). The van der Waals surface area contributed by atoms with Gasteiger partial charge in [-0.2, -0.15) is 10.2 Å². The quantitative estimate of drug-likeness (QED) is 0.556. The zero-order valence-corrected chi connectivity index (χ0v) is 5.12. The molecule has 1 aliphatic carbocycles. The van der Waals surface area contributed by atoms with Crippen LogP contribution in [0.3, 0.4) is 0 Å². The van der Waals surface area contributed by atoms with Gasteiger partial charge >= 0.3 is 0 Å². The van der Waals surface area contributed by atoms with Crippen LogP contribution in [0.25, 0.3) is 0 Å². The Kier molecular flexibility index (Phi) is 0.931. The molecule has 9 heavy (non-hydrogen) atoms. The van der Waals surface area contributed by atoms with Crippen molar-refractivity contribution in [3.8, 4) is 0 Å². The fourth-order valence-electron chi connectivity index (χ4n) is 0.972. The van der Waals surface area contributed by atoms with Crippen molar-refractivity contribution in [3.05, 3.63) is 11.8 Å². The molecule has 0 aromatic rings. The van der Waals surface area contributed by atoms with Gasteiger partial charge < -0.3 is 5.73 Å². The molecule has 1 fully saturated rings. The molecule has 0 aromatic carbocycles. The number of hydrogen-bond donors (Lipinski definition) is 1. The van der Waals surface area contributed by atoms with Gasteiger partial charge in [-0.1, -0.05) is 0 Å². The van der Waals surface area contributed by atoms with E-state index in [4.69, 9.17) is 5.73 Å². The Morgan fingerprint density at radius 1 is 1.56 bits per heavy atom. The fraction of sp³-hybridized carbons (Fsp3) is 0.667. The molecule has 1 heterocycles. The van der Waals surface area contributed by atoms with Crippen LogP contribution in [0.2, 0.25) is 0 Å². The van der Waals surface area contributed by atoms with Crippen molar-refractivity contribution in [2.24, 2.45) is 21.9 Å². The first-order chi connectivity index (χ1) is 4.36. The van der Waals surface area contributed by atoms with E-state index >= 15 is 0 Å². The second kappa shape index (κ2) is 1.64. The SMILES string of the molecule is N[C@@H]1C=C(C2CC2)N=N1. The highest BCUT2D eigenvalue weighted by atomic mass is 15.2.